The fourth-order valence-electron chi connectivity index (χ4n) is 3.57. The van der Waals surface area contributed by atoms with Crippen LogP contribution in [0.1, 0.15) is 43.9 Å². The van der Waals surface area contributed by atoms with Crippen LogP contribution in [0.3, 0.4) is 0 Å². The summed E-state index contributed by atoms with van der Waals surface area (Å²) in [5, 5.41) is 3.05. The zero-order valence-corrected chi connectivity index (χ0v) is 17.6. The normalized spacial score (nSPS) is 17.1. The molecule has 0 aromatic heterocycles. The number of aryl methyl sites for hydroxylation is 1. The molecular formula is C22H27FN2O3S. The van der Waals surface area contributed by atoms with Crippen molar-refractivity contribution in [3.05, 3.63) is 65.5 Å². The molecule has 1 saturated heterocycles. The van der Waals surface area contributed by atoms with Crippen molar-refractivity contribution in [3.63, 3.8) is 0 Å². The lowest BCUT2D eigenvalue weighted by molar-refractivity contribution is -0.126. The molecule has 1 amide bonds. The number of halogens is 1. The third-order valence-corrected chi connectivity index (χ3v) is 7.44. The molecule has 1 heterocycles. The highest BCUT2D eigenvalue weighted by Crippen LogP contribution is 2.25. The molecule has 29 heavy (non-hydrogen) atoms. The van der Waals surface area contributed by atoms with Gasteiger partial charge in [-0.3, -0.25) is 4.79 Å². The number of carbonyl (C=O) groups is 1. The molecule has 2 aromatic rings. The van der Waals surface area contributed by atoms with Crippen LogP contribution in [0.25, 0.3) is 0 Å². The van der Waals surface area contributed by atoms with Crippen LogP contribution in [-0.2, 0) is 21.2 Å². The van der Waals surface area contributed by atoms with Crippen molar-refractivity contribution in [2.45, 2.75) is 44.0 Å². The number of rotatable bonds is 6. The lowest BCUT2D eigenvalue weighted by Gasteiger charge is -2.31. The van der Waals surface area contributed by atoms with Gasteiger partial charge in [-0.05, 0) is 61.6 Å². The molecule has 1 fully saturated rings. The van der Waals surface area contributed by atoms with Crippen molar-refractivity contribution in [2.24, 2.45) is 5.92 Å². The van der Waals surface area contributed by atoms with E-state index < -0.39 is 15.8 Å². The van der Waals surface area contributed by atoms with Crippen LogP contribution in [0.2, 0.25) is 0 Å². The van der Waals surface area contributed by atoms with Gasteiger partial charge < -0.3 is 5.32 Å². The van der Waals surface area contributed by atoms with E-state index in [0.29, 0.717) is 12.8 Å². The molecule has 3 rings (SSSR count). The summed E-state index contributed by atoms with van der Waals surface area (Å²) in [6, 6.07) is 12.9. The quantitative estimate of drug-likeness (QED) is 0.778. The van der Waals surface area contributed by atoms with Crippen molar-refractivity contribution >= 4 is 15.9 Å². The molecule has 5 nitrogen and oxygen atoms in total. The lowest BCUT2D eigenvalue weighted by Crippen LogP contribution is -2.43. The highest BCUT2D eigenvalue weighted by Gasteiger charge is 2.32. The maximum atomic E-state index is 13.1. The van der Waals surface area contributed by atoms with Crippen molar-refractivity contribution in [3.8, 4) is 0 Å². The fraction of sp³-hybridized carbons (Fsp3) is 0.409. The molecule has 156 valence electrons. The Hall–Kier alpha value is -2.25. The summed E-state index contributed by atoms with van der Waals surface area (Å²) in [7, 11) is -3.67. The smallest absolute Gasteiger partial charge is 0.243 e. The molecule has 2 aromatic carbocycles. The third-order valence-electron chi connectivity index (χ3n) is 5.52. The Labute approximate surface area is 172 Å². The zero-order valence-electron chi connectivity index (χ0n) is 16.8. The van der Waals surface area contributed by atoms with Gasteiger partial charge >= 0.3 is 0 Å². The van der Waals surface area contributed by atoms with Gasteiger partial charge in [0, 0.05) is 19.0 Å². The molecule has 1 atom stereocenters. The predicted octanol–water partition coefficient (Wildman–Crippen LogP) is 3.67. The van der Waals surface area contributed by atoms with E-state index in [0.717, 1.165) is 24.1 Å². The summed E-state index contributed by atoms with van der Waals surface area (Å²) in [5.74, 6) is -0.735. The number of hydrogen-bond donors (Lipinski definition) is 1. The van der Waals surface area contributed by atoms with Gasteiger partial charge in [0.2, 0.25) is 15.9 Å². The number of hydrogen-bond acceptors (Lipinski definition) is 3. The maximum Gasteiger partial charge on any atom is 0.243 e. The molecule has 0 bridgehead atoms. The number of nitrogens with zero attached hydrogens (tertiary/aromatic N) is 1. The van der Waals surface area contributed by atoms with Gasteiger partial charge in [0.25, 0.3) is 0 Å². The topological polar surface area (TPSA) is 66.5 Å². The molecule has 0 aliphatic carbocycles. The van der Waals surface area contributed by atoms with Crippen molar-refractivity contribution in [1.29, 1.82) is 0 Å². The molecule has 0 spiro atoms. The molecule has 0 radical (unpaired) electrons. The van der Waals surface area contributed by atoms with Crippen LogP contribution in [0.5, 0.6) is 0 Å². The van der Waals surface area contributed by atoms with Crippen molar-refractivity contribution in [2.75, 3.05) is 13.1 Å². The molecule has 0 saturated carbocycles. The van der Waals surface area contributed by atoms with E-state index in [1.807, 2.05) is 19.1 Å². The summed E-state index contributed by atoms with van der Waals surface area (Å²) < 4.78 is 39.8. The number of amides is 1. The standard InChI is InChI=1S/C22H27FN2O3S/c1-3-17-4-6-18(7-5-17)16(2)24-22(26)19-12-14-25(15-13-19)29(27,28)21-10-8-20(23)9-11-21/h4-11,16,19H,3,12-15H2,1-2H3,(H,24,26)/t16-/m1/s1. The van der Waals surface area contributed by atoms with E-state index in [4.69, 9.17) is 0 Å². The van der Waals surface area contributed by atoms with Crippen molar-refractivity contribution in [1.82, 2.24) is 9.62 Å². The van der Waals surface area contributed by atoms with Gasteiger partial charge in [0.15, 0.2) is 0 Å². The van der Waals surface area contributed by atoms with Crippen LogP contribution in [0.4, 0.5) is 4.39 Å². The van der Waals surface area contributed by atoms with E-state index in [2.05, 4.69) is 24.4 Å². The molecule has 1 aliphatic heterocycles. The van der Waals surface area contributed by atoms with E-state index in [9.17, 15) is 17.6 Å². The number of benzene rings is 2. The second-order valence-corrected chi connectivity index (χ2v) is 9.40. The first kappa shape index (κ1) is 21.5. The summed E-state index contributed by atoms with van der Waals surface area (Å²) in [4.78, 5) is 12.7. The largest absolute Gasteiger partial charge is 0.349 e. The van der Waals surface area contributed by atoms with Gasteiger partial charge in [-0.25, -0.2) is 12.8 Å². The van der Waals surface area contributed by atoms with Gasteiger partial charge in [0.1, 0.15) is 5.82 Å². The van der Waals surface area contributed by atoms with Crippen LogP contribution in [-0.4, -0.2) is 31.7 Å². The highest BCUT2D eigenvalue weighted by atomic mass is 32.2. The summed E-state index contributed by atoms with van der Waals surface area (Å²) in [6.45, 7) is 4.60. The average Bonchev–Trinajstić information content (AvgIpc) is 2.74. The summed E-state index contributed by atoms with van der Waals surface area (Å²) >= 11 is 0. The molecule has 0 unspecified atom stereocenters. The Kier molecular flexibility index (Phi) is 6.70. The Balaban J connectivity index is 1.56. The van der Waals surface area contributed by atoms with Gasteiger partial charge in [-0.1, -0.05) is 31.2 Å². The van der Waals surface area contributed by atoms with E-state index in [1.54, 1.807) is 0 Å². The van der Waals surface area contributed by atoms with Crippen LogP contribution >= 0.6 is 0 Å². The summed E-state index contributed by atoms with van der Waals surface area (Å²) in [5.41, 5.74) is 2.30. The molecule has 7 heteroatoms. The molecular weight excluding hydrogens is 391 g/mol. The van der Waals surface area contributed by atoms with Gasteiger partial charge in [0.05, 0.1) is 10.9 Å². The maximum absolute atomic E-state index is 13.1. The van der Waals surface area contributed by atoms with E-state index in [-0.39, 0.29) is 35.9 Å². The van der Waals surface area contributed by atoms with Crippen LogP contribution < -0.4 is 5.32 Å². The van der Waals surface area contributed by atoms with E-state index in [1.165, 1.54) is 22.0 Å². The monoisotopic (exact) mass is 418 g/mol. The third kappa shape index (κ3) is 5.03. The molecule has 1 N–H and O–H groups in total. The number of carbonyl (C=O) groups excluding carboxylic acids is 1. The molecule has 1 aliphatic rings. The SMILES string of the molecule is CCc1ccc([C@@H](C)NC(=O)C2CCN(S(=O)(=O)c3ccc(F)cc3)CC2)cc1. The number of nitrogens with one attached hydrogen (secondary N) is 1. The first-order valence-corrected chi connectivity index (χ1v) is 11.4. The fourth-order valence-corrected chi connectivity index (χ4v) is 5.04. The second-order valence-electron chi connectivity index (χ2n) is 7.46. The predicted molar refractivity (Wildman–Crippen MR) is 110 cm³/mol. The minimum absolute atomic E-state index is 0.0455. The minimum atomic E-state index is -3.67. The lowest BCUT2D eigenvalue weighted by atomic mass is 9.96. The average molecular weight is 419 g/mol. The summed E-state index contributed by atoms with van der Waals surface area (Å²) in [6.07, 6.45) is 1.90. The van der Waals surface area contributed by atoms with Gasteiger partial charge in [-0.2, -0.15) is 4.31 Å². The Morgan fingerprint density at radius 3 is 2.24 bits per heavy atom. The highest BCUT2D eigenvalue weighted by molar-refractivity contribution is 7.89. The minimum Gasteiger partial charge on any atom is -0.349 e. The second kappa shape index (κ2) is 9.05. The number of sulfonamides is 1. The first-order valence-electron chi connectivity index (χ1n) is 9.96. The van der Waals surface area contributed by atoms with Crippen LogP contribution in [0.15, 0.2) is 53.4 Å². The Morgan fingerprint density at radius 1 is 1.10 bits per heavy atom. The van der Waals surface area contributed by atoms with Gasteiger partial charge in [-0.15, -0.1) is 0 Å². The van der Waals surface area contributed by atoms with Crippen molar-refractivity contribution < 1.29 is 17.6 Å². The number of piperidine rings is 1. The zero-order chi connectivity index (χ0) is 21.0. The Bertz CT molecular complexity index is 935. The Morgan fingerprint density at radius 2 is 1.69 bits per heavy atom. The van der Waals surface area contributed by atoms with Crippen LogP contribution in [0, 0.1) is 11.7 Å². The van der Waals surface area contributed by atoms with E-state index >= 15 is 0 Å². The first-order chi connectivity index (χ1) is 13.8.